The number of hydrogen-bond acceptors (Lipinski definition) is 4. The standard InChI is InChI=1S/C17H18ClN3O2S/c1-19-14(22)17(15(23)20(2)16(19)24)9-10-11(18)5-3-6-12(10)21-8-4-7-13(17)21/h3,5-6,13H,4,7-9H2,1-2H3. The molecule has 4 rings (SSSR count). The second kappa shape index (κ2) is 5.17. The number of halogens is 1. The minimum Gasteiger partial charge on any atom is -0.367 e. The number of nitrogens with zero attached hydrogens (tertiary/aromatic N) is 3. The van der Waals surface area contributed by atoms with Crippen molar-refractivity contribution in [1.82, 2.24) is 9.80 Å². The highest BCUT2D eigenvalue weighted by Gasteiger charge is 2.63. The lowest BCUT2D eigenvalue weighted by Gasteiger charge is -2.51. The molecule has 2 fully saturated rings. The van der Waals surface area contributed by atoms with E-state index < -0.39 is 5.41 Å². The third-order valence-electron chi connectivity index (χ3n) is 5.63. The SMILES string of the molecule is CN1C(=O)C2(Cc3c(Cl)cccc3N3CCCC32)C(=O)N(C)C1=S. The minimum atomic E-state index is -1.14. The van der Waals surface area contributed by atoms with Crippen molar-refractivity contribution in [1.29, 1.82) is 0 Å². The molecular weight excluding hydrogens is 346 g/mol. The quantitative estimate of drug-likeness (QED) is 0.523. The van der Waals surface area contributed by atoms with Gasteiger partial charge in [0.25, 0.3) is 0 Å². The molecule has 1 aromatic carbocycles. The number of carbonyl (C=O) groups is 2. The van der Waals surface area contributed by atoms with E-state index in [2.05, 4.69) is 4.90 Å². The van der Waals surface area contributed by atoms with Crippen molar-refractivity contribution in [2.24, 2.45) is 5.41 Å². The Morgan fingerprint density at radius 3 is 2.54 bits per heavy atom. The molecule has 3 aliphatic rings. The second-order valence-corrected chi connectivity index (χ2v) is 7.52. The number of carbonyl (C=O) groups excluding carboxylic acids is 2. The number of hydrogen-bond donors (Lipinski definition) is 0. The summed E-state index contributed by atoms with van der Waals surface area (Å²) in [5.74, 6) is -0.420. The van der Waals surface area contributed by atoms with Gasteiger partial charge in [-0.3, -0.25) is 19.4 Å². The van der Waals surface area contributed by atoms with Crippen LogP contribution in [0.4, 0.5) is 5.69 Å². The van der Waals surface area contributed by atoms with E-state index in [4.69, 9.17) is 23.8 Å². The molecule has 1 aromatic rings. The Hall–Kier alpha value is -1.66. The van der Waals surface area contributed by atoms with Crippen LogP contribution < -0.4 is 4.90 Å². The van der Waals surface area contributed by atoms with Crippen LogP contribution in [0.25, 0.3) is 0 Å². The van der Waals surface area contributed by atoms with Crippen molar-refractivity contribution >= 4 is 46.4 Å². The molecule has 24 heavy (non-hydrogen) atoms. The van der Waals surface area contributed by atoms with Gasteiger partial charge >= 0.3 is 0 Å². The molecule has 1 atom stereocenters. The van der Waals surface area contributed by atoms with E-state index in [-0.39, 0.29) is 23.0 Å². The molecule has 0 radical (unpaired) electrons. The first-order chi connectivity index (χ1) is 11.4. The first-order valence-electron chi connectivity index (χ1n) is 8.04. The normalized spacial score (nSPS) is 25.4. The van der Waals surface area contributed by atoms with Crippen molar-refractivity contribution in [3.63, 3.8) is 0 Å². The van der Waals surface area contributed by atoms with E-state index >= 15 is 0 Å². The Morgan fingerprint density at radius 1 is 1.21 bits per heavy atom. The highest BCUT2D eigenvalue weighted by molar-refractivity contribution is 7.80. The summed E-state index contributed by atoms with van der Waals surface area (Å²) in [4.78, 5) is 31.6. The highest BCUT2D eigenvalue weighted by Crippen LogP contribution is 2.50. The second-order valence-electron chi connectivity index (χ2n) is 6.75. The molecule has 0 saturated carbocycles. The zero-order valence-corrected chi connectivity index (χ0v) is 15.2. The molecule has 2 amide bonds. The van der Waals surface area contributed by atoms with Crippen molar-refractivity contribution in [2.45, 2.75) is 25.3 Å². The average molecular weight is 364 g/mol. The van der Waals surface area contributed by atoms with Crippen LogP contribution in [0.2, 0.25) is 5.02 Å². The van der Waals surface area contributed by atoms with Crippen LogP contribution in [0.3, 0.4) is 0 Å². The predicted molar refractivity (Wildman–Crippen MR) is 96.1 cm³/mol. The van der Waals surface area contributed by atoms with E-state index in [0.29, 0.717) is 11.4 Å². The fourth-order valence-corrected chi connectivity index (χ4v) is 4.88. The zero-order chi connectivity index (χ0) is 17.2. The lowest BCUT2D eigenvalue weighted by Crippen LogP contribution is -2.70. The molecule has 0 bridgehead atoms. The van der Waals surface area contributed by atoms with Crippen molar-refractivity contribution in [3.8, 4) is 0 Å². The van der Waals surface area contributed by atoms with Crippen LogP contribution in [-0.4, -0.2) is 53.4 Å². The molecule has 1 unspecified atom stereocenters. The van der Waals surface area contributed by atoms with Crippen LogP contribution in [0.5, 0.6) is 0 Å². The van der Waals surface area contributed by atoms with E-state index in [1.54, 1.807) is 14.1 Å². The molecule has 3 aliphatic heterocycles. The van der Waals surface area contributed by atoms with Gasteiger partial charge in [0.2, 0.25) is 11.8 Å². The molecular formula is C17H18ClN3O2S. The summed E-state index contributed by atoms with van der Waals surface area (Å²) in [5, 5.41) is 0.862. The van der Waals surface area contributed by atoms with Gasteiger partial charge in [0.1, 0.15) is 0 Å². The summed E-state index contributed by atoms with van der Waals surface area (Å²) in [6, 6.07) is 5.63. The fraction of sp³-hybridized carbons (Fsp3) is 0.471. The number of rotatable bonds is 0. The first-order valence-corrected chi connectivity index (χ1v) is 8.82. The average Bonchev–Trinajstić information content (AvgIpc) is 3.08. The third kappa shape index (κ3) is 1.78. The number of benzene rings is 1. The highest BCUT2D eigenvalue weighted by atomic mass is 35.5. The summed E-state index contributed by atoms with van der Waals surface area (Å²) in [6.07, 6.45) is 2.10. The predicted octanol–water partition coefficient (Wildman–Crippen LogP) is 2.07. The Balaban J connectivity index is 1.94. The summed E-state index contributed by atoms with van der Waals surface area (Å²) < 4.78 is 0. The van der Waals surface area contributed by atoms with Crippen LogP contribution in [-0.2, 0) is 16.0 Å². The van der Waals surface area contributed by atoms with Gasteiger partial charge < -0.3 is 4.90 Å². The maximum absolute atomic E-state index is 13.3. The molecule has 2 saturated heterocycles. The van der Waals surface area contributed by atoms with Crippen molar-refractivity contribution in [3.05, 3.63) is 28.8 Å². The molecule has 5 nitrogen and oxygen atoms in total. The summed E-state index contributed by atoms with van der Waals surface area (Å²) in [5.41, 5.74) is 0.795. The summed E-state index contributed by atoms with van der Waals surface area (Å²) in [7, 11) is 3.30. The van der Waals surface area contributed by atoms with Gasteiger partial charge in [-0.25, -0.2) is 0 Å². The molecule has 0 N–H and O–H groups in total. The van der Waals surface area contributed by atoms with E-state index in [1.165, 1.54) is 9.80 Å². The topological polar surface area (TPSA) is 43.9 Å². The molecule has 7 heteroatoms. The van der Waals surface area contributed by atoms with Gasteiger partial charge in [-0.1, -0.05) is 17.7 Å². The van der Waals surface area contributed by atoms with Gasteiger partial charge in [0, 0.05) is 37.8 Å². The molecule has 0 aromatic heterocycles. The van der Waals surface area contributed by atoms with E-state index in [1.807, 2.05) is 18.2 Å². The maximum atomic E-state index is 13.3. The number of fused-ring (bicyclic) bond motifs is 4. The molecule has 1 spiro atoms. The van der Waals surface area contributed by atoms with Gasteiger partial charge in [0.05, 0.1) is 6.04 Å². The first kappa shape index (κ1) is 15.8. The van der Waals surface area contributed by atoms with E-state index in [9.17, 15) is 9.59 Å². The van der Waals surface area contributed by atoms with Crippen LogP contribution in [0.15, 0.2) is 18.2 Å². The van der Waals surface area contributed by atoms with Crippen LogP contribution in [0.1, 0.15) is 18.4 Å². The summed E-state index contributed by atoms with van der Waals surface area (Å²) >= 11 is 11.7. The Kier molecular flexibility index (Phi) is 3.41. The fourth-order valence-electron chi connectivity index (χ4n) is 4.48. The van der Waals surface area contributed by atoms with Gasteiger partial charge in [-0.15, -0.1) is 0 Å². The Morgan fingerprint density at radius 2 is 1.88 bits per heavy atom. The van der Waals surface area contributed by atoms with Crippen LogP contribution >= 0.6 is 23.8 Å². The third-order valence-corrected chi connectivity index (χ3v) is 6.53. The van der Waals surface area contributed by atoms with Crippen molar-refractivity contribution in [2.75, 3.05) is 25.5 Å². The molecule has 126 valence electrons. The van der Waals surface area contributed by atoms with Gasteiger partial charge in [-0.2, -0.15) is 0 Å². The van der Waals surface area contributed by atoms with E-state index in [0.717, 1.165) is 30.6 Å². The zero-order valence-electron chi connectivity index (χ0n) is 13.6. The number of anilines is 1. The molecule has 3 heterocycles. The van der Waals surface area contributed by atoms with Crippen molar-refractivity contribution < 1.29 is 9.59 Å². The number of amides is 2. The maximum Gasteiger partial charge on any atom is 0.246 e. The Bertz CT molecular complexity index is 757. The monoisotopic (exact) mass is 363 g/mol. The van der Waals surface area contributed by atoms with Gasteiger partial charge in [-0.05, 0) is 42.8 Å². The number of thiocarbonyl (C=S) groups is 1. The smallest absolute Gasteiger partial charge is 0.246 e. The molecule has 0 aliphatic carbocycles. The minimum absolute atomic E-state index is 0.142. The van der Waals surface area contributed by atoms with Gasteiger partial charge in [0.15, 0.2) is 10.5 Å². The Labute approximate surface area is 151 Å². The summed E-state index contributed by atoms with van der Waals surface area (Å²) in [6.45, 7) is 0.832. The lowest BCUT2D eigenvalue weighted by molar-refractivity contribution is -0.156. The van der Waals surface area contributed by atoms with Crippen LogP contribution in [0, 0.1) is 5.41 Å². The largest absolute Gasteiger partial charge is 0.367 e. The lowest BCUT2D eigenvalue weighted by atomic mass is 9.68.